The normalized spacial score (nSPS) is 44.9. The standard InChI is InChI=1S/C7H9NO2/c8-3-5-4-10-6-1-2-9-7(5)6/h5-7H,1-2,4H2/t5-,6+,7+/m0/s1. The summed E-state index contributed by atoms with van der Waals surface area (Å²) in [5.74, 6) is -0.0208. The van der Waals surface area contributed by atoms with Gasteiger partial charge in [0.2, 0.25) is 0 Å². The minimum Gasteiger partial charge on any atom is -0.374 e. The number of hydrogen-bond donors (Lipinski definition) is 0. The van der Waals surface area contributed by atoms with E-state index in [0.29, 0.717) is 6.61 Å². The highest BCUT2D eigenvalue weighted by Gasteiger charge is 2.41. The quantitative estimate of drug-likeness (QED) is 0.485. The Kier molecular flexibility index (Phi) is 1.37. The lowest BCUT2D eigenvalue weighted by Gasteiger charge is -2.06. The minimum atomic E-state index is -0.0208. The highest BCUT2D eigenvalue weighted by Crippen LogP contribution is 2.29. The third-order valence-electron chi connectivity index (χ3n) is 2.13. The van der Waals surface area contributed by atoms with Crippen molar-refractivity contribution < 1.29 is 9.47 Å². The fourth-order valence-corrected chi connectivity index (χ4v) is 1.58. The molecule has 2 saturated heterocycles. The van der Waals surface area contributed by atoms with Crippen LogP contribution in [-0.4, -0.2) is 25.4 Å². The zero-order valence-electron chi connectivity index (χ0n) is 5.62. The topological polar surface area (TPSA) is 42.2 Å². The first kappa shape index (κ1) is 6.14. The molecule has 0 unspecified atom stereocenters. The van der Waals surface area contributed by atoms with E-state index in [4.69, 9.17) is 14.7 Å². The molecular weight excluding hydrogens is 130 g/mol. The summed E-state index contributed by atoms with van der Waals surface area (Å²) in [5.41, 5.74) is 0. The van der Waals surface area contributed by atoms with Crippen LogP contribution in [0.1, 0.15) is 6.42 Å². The molecule has 0 radical (unpaired) electrons. The van der Waals surface area contributed by atoms with Crippen molar-refractivity contribution in [1.29, 1.82) is 5.26 Å². The van der Waals surface area contributed by atoms with Gasteiger partial charge in [0.1, 0.15) is 6.10 Å². The molecule has 0 spiro atoms. The van der Waals surface area contributed by atoms with Gasteiger partial charge in [-0.1, -0.05) is 0 Å². The van der Waals surface area contributed by atoms with Gasteiger partial charge in [0.05, 0.1) is 24.7 Å². The number of rotatable bonds is 0. The fraction of sp³-hybridized carbons (Fsp3) is 0.857. The molecule has 2 rings (SSSR count). The number of fused-ring (bicyclic) bond motifs is 1. The lowest BCUT2D eigenvalue weighted by Crippen LogP contribution is -2.21. The minimum absolute atomic E-state index is 0.0208. The Bertz CT molecular complexity index is 175. The molecule has 3 atom stereocenters. The Morgan fingerprint density at radius 3 is 3.10 bits per heavy atom. The van der Waals surface area contributed by atoms with Gasteiger partial charge in [-0.15, -0.1) is 0 Å². The summed E-state index contributed by atoms with van der Waals surface area (Å²) in [7, 11) is 0. The SMILES string of the molecule is N#C[C@H]1CO[C@@H]2CCO[C@H]12. The van der Waals surface area contributed by atoms with Crippen molar-refractivity contribution in [2.24, 2.45) is 5.92 Å². The summed E-state index contributed by atoms with van der Waals surface area (Å²) in [6.07, 6.45) is 1.25. The van der Waals surface area contributed by atoms with E-state index in [0.717, 1.165) is 13.0 Å². The van der Waals surface area contributed by atoms with Crippen LogP contribution < -0.4 is 0 Å². The fourth-order valence-electron chi connectivity index (χ4n) is 1.58. The predicted octanol–water partition coefficient (Wildman–Crippen LogP) is 0.314. The third-order valence-corrected chi connectivity index (χ3v) is 2.13. The van der Waals surface area contributed by atoms with Gasteiger partial charge in [0.25, 0.3) is 0 Å². The van der Waals surface area contributed by atoms with Gasteiger partial charge in [-0.25, -0.2) is 0 Å². The van der Waals surface area contributed by atoms with E-state index in [-0.39, 0.29) is 18.1 Å². The van der Waals surface area contributed by atoms with Gasteiger partial charge in [-0.05, 0) is 6.42 Å². The molecule has 3 nitrogen and oxygen atoms in total. The lowest BCUT2D eigenvalue weighted by molar-refractivity contribution is 0.0690. The summed E-state index contributed by atoms with van der Waals surface area (Å²) >= 11 is 0. The molecule has 0 aromatic rings. The van der Waals surface area contributed by atoms with E-state index in [1.54, 1.807) is 0 Å². The first-order valence-electron chi connectivity index (χ1n) is 3.54. The number of nitriles is 1. The molecule has 0 aromatic heterocycles. The van der Waals surface area contributed by atoms with Gasteiger partial charge >= 0.3 is 0 Å². The first-order valence-corrected chi connectivity index (χ1v) is 3.54. The Morgan fingerprint density at radius 2 is 2.30 bits per heavy atom. The van der Waals surface area contributed by atoms with Gasteiger partial charge in [0, 0.05) is 6.61 Å². The second-order valence-corrected chi connectivity index (χ2v) is 2.73. The van der Waals surface area contributed by atoms with Crippen molar-refractivity contribution in [3.05, 3.63) is 0 Å². The summed E-state index contributed by atoms with van der Waals surface area (Å²) in [5, 5.41) is 8.60. The Hall–Kier alpha value is -0.590. The van der Waals surface area contributed by atoms with Crippen LogP contribution in [0.4, 0.5) is 0 Å². The molecule has 0 amide bonds. The highest BCUT2D eigenvalue weighted by atomic mass is 16.6. The first-order chi connectivity index (χ1) is 4.92. The molecule has 0 saturated carbocycles. The third kappa shape index (κ3) is 0.731. The summed E-state index contributed by atoms with van der Waals surface area (Å²) < 4.78 is 10.7. The maximum atomic E-state index is 8.60. The van der Waals surface area contributed by atoms with Crippen molar-refractivity contribution in [2.45, 2.75) is 18.6 Å². The van der Waals surface area contributed by atoms with E-state index in [2.05, 4.69) is 6.07 Å². The van der Waals surface area contributed by atoms with Crippen LogP contribution in [0.25, 0.3) is 0 Å². The Morgan fingerprint density at radius 1 is 1.40 bits per heavy atom. The molecular formula is C7H9NO2. The Balaban J connectivity index is 2.10. The largest absolute Gasteiger partial charge is 0.374 e. The van der Waals surface area contributed by atoms with Crippen LogP contribution in [0.5, 0.6) is 0 Å². The average Bonchev–Trinajstić information content (AvgIpc) is 2.44. The highest BCUT2D eigenvalue weighted by molar-refractivity contribution is 4.99. The van der Waals surface area contributed by atoms with E-state index < -0.39 is 0 Å². The van der Waals surface area contributed by atoms with Crippen molar-refractivity contribution >= 4 is 0 Å². The van der Waals surface area contributed by atoms with Crippen LogP contribution in [0.15, 0.2) is 0 Å². The van der Waals surface area contributed by atoms with Crippen LogP contribution in [0, 0.1) is 17.2 Å². The molecule has 2 aliphatic heterocycles. The van der Waals surface area contributed by atoms with Crippen molar-refractivity contribution in [3.8, 4) is 6.07 Å². The number of hydrogen-bond acceptors (Lipinski definition) is 3. The van der Waals surface area contributed by atoms with E-state index in [1.807, 2.05) is 0 Å². The molecule has 0 aromatic carbocycles. The average molecular weight is 139 g/mol. The van der Waals surface area contributed by atoms with Gasteiger partial charge in [0.15, 0.2) is 0 Å². The van der Waals surface area contributed by atoms with Crippen LogP contribution in [0.2, 0.25) is 0 Å². The van der Waals surface area contributed by atoms with Crippen molar-refractivity contribution in [3.63, 3.8) is 0 Å². The monoisotopic (exact) mass is 139 g/mol. The zero-order valence-corrected chi connectivity index (χ0v) is 5.62. The van der Waals surface area contributed by atoms with Crippen LogP contribution >= 0.6 is 0 Å². The predicted molar refractivity (Wildman–Crippen MR) is 33.2 cm³/mol. The summed E-state index contributed by atoms with van der Waals surface area (Å²) in [6.45, 7) is 1.32. The number of ether oxygens (including phenoxy) is 2. The molecule has 0 bridgehead atoms. The second kappa shape index (κ2) is 2.22. The van der Waals surface area contributed by atoms with Crippen molar-refractivity contribution in [2.75, 3.05) is 13.2 Å². The maximum absolute atomic E-state index is 8.60. The van der Waals surface area contributed by atoms with Crippen LogP contribution in [0.3, 0.4) is 0 Å². The maximum Gasteiger partial charge on any atom is 0.102 e. The second-order valence-electron chi connectivity index (χ2n) is 2.73. The van der Waals surface area contributed by atoms with Crippen molar-refractivity contribution in [1.82, 2.24) is 0 Å². The molecule has 54 valence electrons. The smallest absolute Gasteiger partial charge is 0.102 e. The molecule has 2 heterocycles. The summed E-state index contributed by atoms with van der Waals surface area (Å²) in [4.78, 5) is 0. The molecule has 2 aliphatic rings. The lowest BCUT2D eigenvalue weighted by atomic mass is 10.0. The Labute approximate surface area is 59.5 Å². The molecule has 0 N–H and O–H groups in total. The van der Waals surface area contributed by atoms with Gasteiger partial charge < -0.3 is 9.47 Å². The molecule has 10 heavy (non-hydrogen) atoms. The molecule has 2 fully saturated rings. The molecule has 0 aliphatic carbocycles. The summed E-state index contributed by atoms with van der Waals surface area (Å²) in [6, 6.07) is 2.19. The van der Waals surface area contributed by atoms with Gasteiger partial charge in [-0.2, -0.15) is 5.26 Å². The van der Waals surface area contributed by atoms with E-state index in [9.17, 15) is 0 Å². The van der Waals surface area contributed by atoms with E-state index in [1.165, 1.54) is 0 Å². The molecule has 3 heteroatoms. The van der Waals surface area contributed by atoms with Crippen LogP contribution in [-0.2, 0) is 9.47 Å². The van der Waals surface area contributed by atoms with E-state index >= 15 is 0 Å². The number of nitrogens with zero attached hydrogens (tertiary/aromatic N) is 1. The zero-order chi connectivity index (χ0) is 6.97. The van der Waals surface area contributed by atoms with Gasteiger partial charge in [-0.3, -0.25) is 0 Å².